The highest BCUT2D eigenvalue weighted by Crippen LogP contribution is 2.34. The zero-order valence-electron chi connectivity index (χ0n) is 11.6. The van der Waals surface area contributed by atoms with Crippen molar-refractivity contribution in [1.29, 1.82) is 0 Å². The molecule has 19 heavy (non-hydrogen) atoms. The molecule has 1 heterocycles. The fourth-order valence-electron chi connectivity index (χ4n) is 3.00. The van der Waals surface area contributed by atoms with Gasteiger partial charge in [0.05, 0.1) is 0 Å². The van der Waals surface area contributed by atoms with Gasteiger partial charge in [0.1, 0.15) is 0 Å². The standard InChI is InChI=1S/C17H21NS/c1-12-5-3-6-14(11-12)13(2)18-16-7-4-8-17-15(16)9-10-19-17/h3,5-6,9-11,13,16,18H,4,7-8H2,1-2H3/t13-,16?/m0/s1. The van der Waals surface area contributed by atoms with Gasteiger partial charge in [-0.3, -0.25) is 0 Å². The summed E-state index contributed by atoms with van der Waals surface area (Å²) < 4.78 is 0. The van der Waals surface area contributed by atoms with Gasteiger partial charge in [0, 0.05) is 17.0 Å². The summed E-state index contributed by atoms with van der Waals surface area (Å²) in [6.45, 7) is 4.43. The molecule has 0 saturated heterocycles. The molecule has 2 aromatic rings. The Labute approximate surface area is 119 Å². The Kier molecular flexibility index (Phi) is 3.72. The fourth-order valence-corrected chi connectivity index (χ4v) is 3.98. The van der Waals surface area contributed by atoms with Gasteiger partial charge in [-0.05, 0) is 55.7 Å². The van der Waals surface area contributed by atoms with Crippen LogP contribution < -0.4 is 5.32 Å². The van der Waals surface area contributed by atoms with E-state index in [1.807, 2.05) is 11.3 Å². The van der Waals surface area contributed by atoms with E-state index in [0.717, 1.165) is 0 Å². The van der Waals surface area contributed by atoms with Gasteiger partial charge in [-0.1, -0.05) is 29.8 Å². The van der Waals surface area contributed by atoms with Crippen LogP contribution in [-0.2, 0) is 6.42 Å². The Hall–Kier alpha value is -1.12. The first kappa shape index (κ1) is 12.9. The van der Waals surface area contributed by atoms with E-state index in [1.165, 1.54) is 36.0 Å². The molecule has 0 spiro atoms. The number of fused-ring (bicyclic) bond motifs is 1. The van der Waals surface area contributed by atoms with Gasteiger partial charge in [-0.2, -0.15) is 0 Å². The predicted octanol–water partition coefficient (Wildman–Crippen LogP) is 4.78. The first-order valence-electron chi connectivity index (χ1n) is 7.13. The smallest absolute Gasteiger partial charge is 0.0336 e. The van der Waals surface area contributed by atoms with Crippen LogP contribution >= 0.6 is 11.3 Å². The first-order chi connectivity index (χ1) is 9.24. The van der Waals surface area contributed by atoms with Crippen LogP contribution in [0, 0.1) is 6.92 Å². The van der Waals surface area contributed by atoms with Gasteiger partial charge in [0.2, 0.25) is 0 Å². The van der Waals surface area contributed by atoms with E-state index in [9.17, 15) is 0 Å². The molecule has 0 saturated carbocycles. The molecule has 1 aromatic carbocycles. The van der Waals surface area contributed by atoms with Crippen molar-refractivity contribution in [2.45, 2.75) is 45.2 Å². The predicted molar refractivity (Wildman–Crippen MR) is 82.7 cm³/mol. The summed E-state index contributed by atoms with van der Waals surface area (Å²) in [4.78, 5) is 1.58. The average molecular weight is 271 g/mol. The zero-order chi connectivity index (χ0) is 13.2. The van der Waals surface area contributed by atoms with Crippen molar-refractivity contribution >= 4 is 11.3 Å². The van der Waals surface area contributed by atoms with Crippen molar-refractivity contribution in [2.24, 2.45) is 0 Å². The van der Waals surface area contributed by atoms with Crippen molar-refractivity contribution < 1.29 is 0 Å². The van der Waals surface area contributed by atoms with Crippen molar-refractivity contribution in [3.05, 3.63) is 57.3 Å². The first-order valence-corrected chi connectivity index (χ1v) is 8.01. The van der Waals surface area contributed by atoms with E-state index in [4.69, 9.17) is 0 Å². The fraction of sp³-hybridized carbons (Fsp3) is 0.412. The minimum atomic E-state index is 0.413. The molecule has 0 aliphatic heterocycles. The molecule has 0 bridgehead atoms. The number of hydrogen-bond acceptors (Lipinski definition) is 2. The van der Waals surface area contributed by atoms with Crippen molar-refractivity contribution in [1.82, 2.24) is 5.32 Å². The maximum Gasteiger partial charge on any atom is 0.0336 e. The Balaban J connectivity index is 1.76. The lowest BCUT2D eigenvalue weighted by Crippen LogP contribution is -2.27. The molecular weight excluding hydrogens is 250 g/mol. The second-order valence-electron chi connectivity index (χ2n) is 5.55. The molecule has 2 heteroatoms. The van der Waals surface area contributed by atoms with Gasteiger partial charge in [-0.25, -0.2) is 0 Å². The highest BCUT2D eigenvalue weighted by molar-refractivity contribution is 7.10. The summed E-state index contributed by atoms with van der Waals surface area (Å²) in [7, 11) is 0. The Morgan fingerprint density at radius 2 is 2.21 bits per heavy atom. The van der Waals surface area contributed by atoms with E-state index < -0.39 is 0 Å². The molecule has 1 unspecified atom stereocenters. The molecule has 1 aliphatic carbocycles. The largest absolute Gasteiger partial charge is 0.303 e. The number of hydrogen-bond donors (Lipinski definition) is 1. The topological polar surface area (TPSA) is 12.0 Å². The van der Waals surface area contributed by atoms with Crippen LogP contribution in [0.25, 0.3) is 0 Å². The van der Waals surface area contributed by atoms with Gasteiger partial charge in [0.15, 0.2) is 0 Å². The van der Waals surface area contributed by atoms with Crippen LogP contribution in [0.2, 0.25) is 0 Å². The van der Waals surface area contributed by atoms with Crippen molar-refractivity contribution in [2.75, 3.05) is 0 Å². The normalized spacial score (nSPS) is 20.0. The number of benzene rings is 1. The molecule has 0 fully saturated rings. The van der Waals surface area contributed by atoms with Crippen molar-refractivity contribution in [3.8, 4) is 0 Å². The summed E-state index contributed by atoms with van der Waals surface area (Å²) in [5.41, 5.74) is 4.27. The Morgan fingerprint density at radius 1 is 1.32 bits per heavy atom. The lowest BCUT2D eigenvalue weighted by atomic mass is 9.92. The van der Waals surface area contributed by atoms with E-state index in [-0.39, 0.29) is 0 Å². The van der Waals surface area contributed by atoms with Gasteiger partial charge in [-0.15, -0.1) is 11.3 Å². The number of nitrogens with one attached hydrogen (secondary N) is 1. The second-order valence-corrected chi connectivity index (χ2v) is 6.55. The molecule has 0 radical (unpaired) electrons. The molecule has 2 atom stereocenters. The number of rotatable bonds is 3. The number of thiophene rings is 1. The van der Waals surface area contributed by atoms with Crippen LogP contribution in [0.4, 0.5) is 0 Å². The maximum atomic E-state index is 3.81. The third kappa shape index (κ3) is 2.75. The van der Waals surface area contributed by atoms with E-state index in [1.54, 1.807) is 4.88 Å². The molecule has 1 aliphatic rings. The van der Waals surface area contributed by atoms with Gasteiger partial charge >= 0.3 is 0 Å². The summed E-state index contributed by atoms with van der Waals surface area (Å²) in [5.74, 6) is 0. The molecule has 1 aromatic heterocycles. The molecule has 3 rings (SSSR count). The van der Waals surface area contributed by atoms with Gasteiger partial charge in [0.25, 0.3) is 0 Å². The zero-order valence-corrected chi connectivity index (χ0v) is 12.5. The molecule has 1 nitrogen and oxygen atoms in total. The van der Waals surface area contributed by atoms with Crippen LogP contribution in [0.5, 0.6) is 0 Å². The quantitative estimate of drug-likeness (QED) is 0.846. The van der Waals surface area contributed by atoms with E-state index >= 15 is 0 Å². The Bertz CT molecular complexity index is 558. The van der Waals surface area contributed by atoms with Gasteiger partial charge < -0.3 is 5.32 Å². The monoisotopic (exact) mass is 271 g/mol. The average Bonchev–Trinajstić information content (AvgIpc) is 2.88. The highest BCUT2D eigenvalue weighted by atomic mass is 32.1. The molecule has 1 N–H and O–H groups in total. The van der Waals surface area contributed by atoms with Crippen LogP contribution in [0.15, 0.2) is 35.7 Å². The Morgan fingerprint density at radius 3 is 3.05 bits per heavy atom. The third-order valence-corrected chi connectivity index (χ3v) is 5.04. The molecule has 100 valence electrons. The molecule has 0 amide bonds. The maximum absolute atomic E-state index is 3.81. The molecular formula is C17H21NS. The summed E-state index contributed by atoms with van der Waals surface area (Å²) in [5, 5.41) is 6.05. The third-order valence-electron chi connectivity index (χ3n) is 4.05. The van der Waals surface area contributed by atoms with Crippen LogP contribution in [0.3, 0.4) is 0 Å². The summed E-state index contributed by atoms with van der Waals surface area (Å²) >= 11 is 1.91. The van der Waals surface area contributed by atoms with E-state index in [2.05, 4.69) is 54.9 Å². The SMILES string of the molecule is Cc1cccc([C@H](C)NC2CCCc3sccc32)c1. The minimum absolute atomic E-state index is 0.413. The summed E-state index contributed by atoms with van der Waals surface area (Å²) in [6, 6.07) is 12.1. The van der Waals surface area contributed by atoms with Crippen molar-refractivity contribution in [3.63, 3.8) is 0 Å². The van der Waals surface area contributed by atoms with E-state index in [0.29, 0.717) is 12.1 Å². The minimum Gasteiger partial charge on any atom is -0.303 e. The lowest BCUT2D eigenvalue weighted by molar-refractivity contribution is 0.418. The summed E-state index contributed by atoms with van der Waals surface area (Å²) in [6.07, 6.45) is 3.84. The second kappa shape index (κ2) is 5.48. The van der Waals surface area contributed by atoms with Crippen LogP contribution in [-0.4, -0.2) is 0 Å². The number of aryl methyl sites for hydroxylation is 2. The van der Waals surface area contributed by atoms with Crippen LogP contribution in [0.1, 0.15) is 53.4 Å². The lowest BCUT2D eigenvalue weighted by Gasteiger charge is -2.27. The highest BCUT2D eigenvalue weighted by Gasteiger charge is 2.22.